The zero-order valence-electron chi connectivity index (χ0n) is 16.6. The third-order valence-electron chi connectivity index (χ3n) is 5.10. The number of carbonyl (C=O) groups excluding carboxylic acids is 2. The van der Waals surface area contributed by atoms with Gasteiger partial charge in [-0.2, -0.15) is 0 Å². The van der Waals surface area contributed by atoms with E-state index in [0.29, 0.717) is 19.6 Å². The molecule has 0 spiro atoms. The van der Waals surface area contributed by atoms with E-state index >= 15 is 0 Å². The molecular weight excluding hydrogens is 350 g/mol. The molecule has 1 fully saturated rings. The molecule has 0 unspecified atom stereocenters. The van der Waals surface area contributed by atoms with E-state index in [2.05, 4.69) is 22.8 Å². The number of nitrogens with one attached hydrogen (secondary N) is 2. The van der Waals surface area contributed by atoms with E-state index in [1.165, 1.54) is 5.56 Å². The van der Waals surface area contributed by atoms with Crippen molar-refractivity contribution >= 4 is 11.9 Å². The number of hydrogen-bond donors (Lipinski definition) is 2. The molecule has 1 aliphatic rings. The third-order valence-corrected chi connectivity index (χ3v) is 5.10. The fraction of sp³-hybridized carbons (Fsp3) is 0.391. The molecule has 148 valence electrons. The average molecular weight is 380 g/mol. The van der Waals surface area contributed by atoms with Crippen molar-refractivity contribution in [3.05, 3.63) is 71.8 Å². The Bertz CT molecular complexity index is 777. The van der Waals surface area contributed by atoms with Crippen LogP contribution in [0, 0.1) is 5.92 Å². The van der Waals surface area contributed by atoms with E-state index in [4.69, 9.17) is 0 Å². The SMILES string of the molecule is CC(C)NC(=O)N1C[C@@H](C(=O)NCc2ccccc2)C[C@H](c2ccccc2)C1. The minimum atomic E-state index is -0.222. The van der Waals surface area contributed by atoms with Crippen LogP contribution >= 0.6 is 0 Å². The van der Waals surface area contributed by atoms with Crippen LogP contribution in [-0.2, 0) is 11.3 Å². The average Bonchev–Trinajstić information content (AvgIpc) is 2.72. The smallest absolute Gasteiger partial charge is 0.317 e. The molecule has 0 bridgehead atoms. The van der Waals surface area contributed by atoms with Crippen LogP contribution in [0.1, 0.15) is 37.3 Å². The lowest BCUT2D eigenvalue weighted by molar-refractivity contribution is -0.126. The van der Waals surface area contributed by atoms with Crippen LogP contribution in [0.25, 0.3) is 0 Å². The fourth-order valence-electron chi connectivity index (χ4n) is 3.69. The lowest BCUT2D eigenvalue weighted by Crippen LogP contribution is -2.52. The minimum Gasteiger partial charge on any atom is -0.352 e. The van der Waals surface area contributed by atoms with Crippen molar-refractivity contribution in [3.63, 3.8) is 0 Å². The molecule has 1 saturated heterocycles. The van der Waals surface area contributed by atoms with Crippen LogP contribution in [0.3, 0.4) is 0 Å². The summed E-state index contributed by atoms with van der Waals surface area (Å²) in [5, 5.41) is 6.00. The van der Waals surface area contributed by atoms with Gasteiger partial charge in [-0.1, -0.05) is 60.7 Å². The lowest BCUT2D eigenvalue weighted by Gasteiger charge is -2.37. The zero-order valence-corrected chi connectivity index (χ0v) is 16.6. The highest BCUT2D eigenvalue weighted by molar-refractivity contribution is 5.81. The first-order chi connectivity index (χ1) is 13.5. The molecular formula is C23H29N3O2. The third kappa shape index (κ3) is 5.35. The van der Waals surface area contributed by atoms with Gasteiger partial charge in [0.1, 0.15) is 0 Å². The first kappa shape index (κ1) is 19.9. The molecule has 0 saturated carbocycles. The Morgan fingerprint density at radius 2 is 1.64 bits per heavy atom. The molecule has 2 aromatic rings. The van der Waals surface area contributed by atoms with Crippen LogP contribution in [0.5, 0.6) is 0 Å². The first-order valence-corrected chi connectivity index (χ1v) is 9.95. The minimum absolute atomic E-state index is 0.00633. The summed E-state index contributed by atoms with van der Waals surface area (Å²) in [6, 6.07) is 20.0. The van der Waals surface area contributed by atoms with Crippen LogP contribution in [0.4, 0.5) is 4.79 Å². The van der Waals surface area contributed by atoms with Gasteiger partial charge < -0.3 is 15.5 Å². The Labute approximate surface area is 167 Å². The molecule has 0 aromatic heterocycles. The molecule has 0 aliphatic carbocycles. The Hall–Kier alpha value is -2.82. The number of urea groups is 1. The zero-order chi connectivity index (χ0) is 19.9. The first-order valence-electron chi connectivity index (χ1n) is 9.95. The second-order valence-electron chi connectivity index (χ2n) is 7.75. The normalized spacial score (nSPS) is 19.3. The van der Waals surface area contributed by atoms with E-state index < -0.39 is 0 Å². The molecule has 2 aromatic carbocycles. The van der Waals surface area contributed by atoms with Gasteiger partial charge in [-0.3, -0.25) is 4.79 Å². The van der Waals surface area contributed by atoms with Gasteiger partial charge in [0.2, 0.25) is 5.91 Å². The van der Waals surface area contributed by atoms with E-state index in [0.717, 1.165) is 12.0 Å². The molecule has 2 atom stereocenters. The van der Waals surface area contributed by atoms with Crippen molar-refractivity contribution in [1.29, 1.82) is 0 Å². The van der Waals surface area contributed by atoms with Gasteiger partial charge in [0.15, 0.2) is 0 Å². The number of likely N-dealkylation sites (tertiary alicyclic amines) is 1. The van der Waals surface area contributed by atoms with Gasteiger partial charge in [0.25, 0.3) is 0 Å². The quantitative estimate of drug-likeness (QED) is 0.835. The van der Waals surface area contributed by atoms with Gasteiger partial charge in [-0.15, -0.1) is 0 Å². The summed E-state index contributed by atoms with van der Waals surface area (Å²) >= 11 is 0. The second kappa shape index (κ2) is 9.40. The molecule has 1 aliphatic heterocycles. The van der Waals surface area contributed by atoms with Crippen molar-refractivity contribution in [1.82, 2.24) is 15.5 Å². The van der Waals surface area contributed by atoms with Gasteiger partial charge >= 0.3 is 6.03 Å². The number of piperidine rings is 1. The van der Waals surface area contributed by atoms with Gasteiger partial charge in [-0.25, -0.2) is 4.79 Å². The van der Waals surface area contributed by atoms with Crippen molar-refractivity contribution in [2.45, 2.75) is 38.8 Å². The standard InChI is InChI=1S/C23H29N3O2/c1-17(2)25-23(28)26-15-20(19-11-7-4-8-12-19)13-21(16-26)22(27)24-14-18-9-5-3-6-10-18/h3-12,17,20-21H,13-16H2,1-2H3,(H,24,27)(H,25,28)/t20-,21-/m0/s1. The maximum Gasteiger partial charge on any atom is 0.317 e. The fourth-order valence-corrected chi connectivity index (χ4v) is 3.69. The Morgan fingerprint density at radius 1 is 1.00 bits per heavy atom. The number of rotatable bonds is 5. The maximum atomic E-state index is 12.9. The topological polar surface area (TPSA) is 61.4 Å². The predicted molar refractivity (Wildman–Crippen MR) is 111 cm³/mol. The van der Waals surface area contributed by atoms with Gasteiger partial charge in [-0.05, 0) is 31.4 Å². The Balaban J connectivity index is 1.71. The Morgan fingerprint density at radius 3 is 2.29 bits per heavy atom. The monoisotopic (exact) mass is 379 g/mol. The molecule has 3 rings (SSSR count). The number of benzene rings is 2. The van der Waals surface area contributed by atoms with E-state index in [9.17, 15) is 9.59 Å². The molecule has 0 radical (unpaired) electrons. The van der Waals surface area contributed by atoms with Crippen LogP contribution < -0.4 is 10.6 Å². The highest BCUT2D eigenvalue weighted by Crippen LogP contribution is 2.30. The largest absolute Gasteiger partial charge is 0.352 e. The molecule has 5 heteroatoms. The summed E-state index contributed by atoms with van der Waals surface area (Å²) in [5.74, 6) is -0.0623. The van der Waals surface area contributed by atoms with E-state index in [1.54, 1.807) is 4.90 Å². The van der Waals surface area contributed by atoms with Crippen molar-refractivity contribution in [2.75, 3.05) is 13.1 Å². The van der Waals surface area contributed by atoms with Crippen molar-refractivity contribution in [2.24, 2.45) is 5.92 Å². The predicted octanol–water partition coefficient (Wildman–Crippen LogP) is 3.53. The van der Waals surface area contributed by atoms with E-state index in [-0.39, 0.29) is 29.8 Å². The number of hydrogen-bond acceptors (Lipinski definition) is 2. The summed E-state index contributed by atoms with van der Waals surface area (Å²) in [6.07, 6.45) is 0.746. The highest BCUT2D eigenvalue weighted by Gasteiger charge is 2.34. The summed E-state index contributed by atoms with van der Waals surface area (Å²) in [4.78, 5) is 27.3. The van der Waals surface area contributed by atoms with Crippen LogP contribution in [0.15, 0.2) is 60.7 Å². The second-order valence-corrected chi connectivity index (χ2v) is 7.75. The number of nitrogens with zero attached hydrogens (tertiary/aromatic N) is 1. The molecule has 28 heavy (non-hydrogen) atoms. The van der Waals surface area contributed by atoms with Crippen LogP contribution in [-0.4, -0.2) is 36.0 Å². The summed E-state index contributed by atoms with van der Waals surface area (Å²) in [6.45, 7) is 5.47. The van der Waals surface area contributed by atoms with Crippen molar-refractivity contribution in [3.8, 4) is 0 Å². The highest BCUT2D eigenvalue weighted by atomic mass is 16.2. The summed E-state index contributed by atoms with van der Waals surface area (Å²) in [7, 11) is 0. The molecule has 2 N–H and O–H groups in total. The molecule has 3 amide bonds. The lowest BCUT2D eigenvalue weighted by atomic mass is 9.84. The summed E-state index contributed by atoms with van der Waals surface area (Å²) < 4.78 is 0. The van der Waals surface area contributed by atoms with E-state index in [1.807, 2.05) is 62.4 Å². The Kier molecular flexibility index (Phi) is 6.69. The molecule has 5 nitrogen and oxygen atoms in total. The maximum absolute atomic E-state index is 12.9. The van der Waals surface area contributed by atoms with Gasteiger partial charge in [0, 0.05) is 31.6 Å². The van der Waals surface area contributed by atoms with Gasteiger partial charge in [0.05, 0.1) is 5.92 Å². The van der Waals surface area contributed by atoms with Crippen molar-refractivity contribution < 1.29 is 9.59 Å². The summed E-state index contributed by atoms with van der Waals surface area (Å²) in [5.41, 5.74) is 2.24. The molecule has 1 heterocycles. The number of amides is 3. The number of carbonyl (C=O) groups is 2. The van der Waals surface area contributed by atoms with Crippen LogP contribution in [0.2, 0.25) is 0 Å².